The zero-order valence-corrected chi connectivity index (χ0v) is 31.4. The van der Waals surface area contributed by atoms with Gasteiger partial charge in [-0.25, -0.2) is 9.59 Å². The van der Waals surface area contributed by atoms with E-state index >= 15 is 0 Å². The highest BCUT2D eigenvalue weighted by Crippen LogP contribution is 2.18. The van der Waals surface area contributed by atoms with Crippen molar-refractivity contribution < 1.29 is 39.7 Å². The number of esters is 2. The van der Waals surface area contributed by atoms with Gasteiger partial charge in [-0.3, -0.25) is 30.6 Å². The number of rotatable bonds is 14. The van der Waals surface area contributed by atoms with Gasteiger partial charge in [-0.05, 0) is 93.9 Å². The number of guanidine groups is 4. The van der Waals surface area contributed by atoms with Crippen LogP contribution in [0.1, 0.15) is 31.8 Å². The Bertz CT molecular complexity index is 2100. The lowest BCUT2D eigenvalue weighted by Gasteiger charge is -2.10. The zero-order chi connectivity index (χ0) is 41.3. The number of nitrogens with zero attached hydrogens (tertiary/aromatic N) is 6. The van der Waals surface area contributed by atoms with Crippen LogP contribution < -0.4 is 54.5 Å². The Kier molecular flexibility index (Phi) is 14.9. The van der Waals surface area contributed by atoms with Gasteiger partial charge in [0.1, 0.15) is 24.6 Å². The van der Waals surface area contributed by atoms with Crippen molar-refractivity contribution in [3.05, 3.63) is 144 Å². The first kappa shape index (κ1) is 41.5. The Morgan fingerprint density at radius 3 is 1.29 bits per heavy atom. The number of ether oxygens (including phenoxy) is 2. The summed E-state index contributed by atoms with van der Waals surface area (Å²) in [6.07, 6.45) is 5.99. The molecular formula is C40H44N14O4+4. The van der Waals surface area contributed by atoms with Crippen molar-refractivity contribution in [2.24, 2.45) is 32.9 Å². The van der Waals surface area contributed by atoms with E-state index in [4.69, 9.17) is 43.9 Å². The minimum absolute atomic E-state index is 0.0302. The van der Waals surface area contributed by atoms with Gasteiger partial charge < -0.3 is 31.6 Å². The van der Waals surface area contributed by atoms with Crippen LogP contribution in [0.4, 0.5) is 11.4 Å². The van der Waals surface area contributed by atoms with Crippen LogP contribution in [0.2, 0.25) is 0 Å². The first-order valence-corrected chi connectivity index (χ1v) is 17.9. The number of aromatic nitrogens is 2. The average molecular weight is 785 g/mol. The van der Waals surface area contributed by atoms with Crippen molar-refractivity contribution in [2.45, 2.75) is 13.1 Å². The summed E-state index contributed by atoms with van der Waals surface area (Å²) < 4.78 is 14.2. The van der Waals surface area contributed by atoms with Gasteiger partial charge in [0.25, 0.3) is 11.9 Å². The van der Waals surface area contributed by atoms with Crippen LogP contribution in [-0.4, -0.2) is 81.1 Å². The molecule has 0 fully saturated rings. The number of nitrogens with two attached hydrogens (primary N) is 4. The standard InChI is InChI=1S/C40H42N14O4/c41-17-21-53(39(45)51-37(43)49-31-9-13-33(14-10-31)57-35(55)29-3-1-19-47-23-29)25-27-5-7-28(8-6-27)26-54(22-18-42)40(46)52-38(44)50-32-11-15-34(16-12-32)58-36(56)30-4-2-20-48-24-30/h1-16,19-20,23-24,41-42H,17-18,21-22,25-26H2,(H8,43,44,45,46,49,50,51,52)/q+2/p+2. The summed E-state index contributed by atoms with van der Waals surface area (Å²) in [7, 11) is 0. The third-order valence-corrected chi connectivity index (χ3v) is 8.12. The maximum absolute atomic E-state index is 12.3. The summed E-state index contributed by atoms with van der Waals surface area (Å²) in [4.78, 5) is 41.1. The van der Waals surface area contributed by atoms with E-state index in [2.05, 4.69) is 30.6 Å². The van der Waals surface area contributed by atoms with Crippen LogP contribution in [0, 0.1) is 0 Å². The number of aliphatic imine (C=N–C) groups is 2. The van der Waals surface area contributed by atoms with Crippen LogP contribution in [-0.2, 0) is 13.1 Å². The minimum Gasteiger partial charge on any atom is -0.423 e. The Morgan fingerprint density at radius 1 is 0.586 bits per heavy atom. The van der Waals surface area contributed by atoms with Gasteiger partial charge in [0.2, 0.25) is 13.1 Å². The number of hydrogen-bond acceptors (Lipinski definition) is 6. The van der Waals surface area contributed by atoms with E-state index in [1.54, 1.807) is 94.3 Å². The van der Waals surface area contributed by atoms with Crippen LogP contribution in [0.15, 0.2) is 132 Å². The molecule has 0 amide bonds. The summed E-state index contributed by atoms with van der Waals surface area (Å²) in [5.41, 5.74) is 44.3. The van der Waals surface area contributed by atoms with Crippen molar-refractivity contribution >= 4 is 47.2 Å². The van der Waals surface area contributed by atoms with Gasteiger partial charge in [0, 0.05) is 47.6 Å². The predicted octanol–water partition coefficient (Wildman–Crippen LogP) is -0.950. The normalized spacial score (nSPS) is 12.5. The van der Waals surface area contributed by atoms with Crippen molar-refractivity contribution in [2.75, 3.05) is 36.8 Å². The van der Waals surface area contributed by atoms with Crippen molar-refractivity contribution in [1.82, 2.24) is 9.97 Å². The molecule has 5 rings (SSSR count). The smallest absolute Gasteiger partial charge is 0.388 e. The quantitative estimate of drug-likeness (QED) is 0.0261. The van der Waals surface area contributed by atoms with Crippen LogP contribution >= 0.6 is 0 Å². The molecule has 3 aromatic carbocycles. The van der Waals surface area contributed by atoms with Gasteiger partial charge in [-0.1, -0.05) is 24.3 Å². The molecule has 0 aliphatic rings. The maximum Gasteiger partial charge on any atom is 0.388 e. The molecule has 0 aliphatic carbocycles. The lowest BCUT2D eigenvalue weighted by molar-refractivity contribution is -0.572. The molecule has 5 aromatic rings. The number of nitrogens with one attached hydrogen (secondary N) is 4. The van der Waals surface area contributed by atoms with E-state index in [-0.39, 0.29) is 36.9 Å². The number of benzene rings is 3. The lowest BCUT2D eigenvalue weighted by atomic mass is 10.1. The first-order valence-electron chi connectivity index (χ1n) is 17.9. The fraction of sp³-hybridized carbons (Fsp3) is 0.150. The fourth-order valence-electron chi connectivity index (χ4n) is 5.26. The van der Waals surface area contributed by atoms with Crippen LogP contribution in [0.3, 0.4) is 0 Å². The van der Waals surface area contributed by atoms with Crippen molar-refractivity contribution in [3.8, 4) is 11.5 Å². The summed E-state index contributed by atoms with van der Waals surface area (Å²) >= 11 is 0. The molecule has 18 nitrogen and oxygen atoms in total. The Labute approximate surface area is 334 Å². The molecule has 0 unspecified atom stereocenters. The van der Waals surface area contributed by atoms with Crippen molar-refractivity contribution in [3.63, 3.8) is 0 Å². The third-order valence-electron chi connectivity index (χ3n) is 8.12. The fourth-order valence-corrected chi connectivity index (χ4v) is 5.26. The molecule has 0 saturated heterocycles. The zero-order valence-electron chi connectivity index (χ0n) is 31.4. The highest BCUT2D eigenvalue weighted by Gasteiger charge is 2.16. The number of pyridine rings is 2. The van der Waals surface area contributed by atoms with Gasteiger partial charge >= 0.3 is 23.9 Å². The Morgan fingerprint density at radius 2 is 0.966 bits per heavy atom. The topological polar surface area (TPSA) is 285 Å². The van der Waals surface area contributed by atoms with Gasteiger partial charge in [0.05, 0.1) is 24.2 Å². The molecule has 0 saturated carbocycles. The molecule has 0 atom stereocenters. The highest BCUT2D eigenvalue weighted by molar-refractivity contribution is 6.00. The molecule has 4 radical (unpaired) electrons. The molecule has 2 aromatic heterocycles. The largest absolute Gasteiger partial charge is 0.423 e. The maximum atomic E-state index is 12.3. The molecule has 0 spiro atoms. The number of anilines is 2. The second-order valence-electron chi connectivity index (χ2n) is 12.4. The lowest BCUT2D eigenvalue weighted by Crippen LogP contribution is -2.54. The molecular weight excluding hydrogens is 741 g/mol. The van der Waals surface area contributed by atoms with Gasteiger partial charge in [0.15, 0.2) is 0 Å². The molecule has 58 heavy (non-hydrogen) atoms. The Balaban J connectivity index is 1.17. The van der Waals surface area contributed by atoms with Crippen molar-refractivity contribution in [1.29, 1.82) is 0 Å². The summed E-state index contributed by atoms with van der Waals surface area (Å²) in [5, 5.41) is 5.92. The number of carbonyl (C=O) groups excluding carboxylic acids is 2. The monoisotopic (exact) mass is 784 g/mol. The summed E-state index contributed by atoms with van der Waals surface area (Å²) in [6, 6.07) is 27.4. The van der Waals surface area contributed by atoms with E-state index in [1.807, 2.05) is 24.3 Å². The van der Waals surface area contributed by atoms with Crippen LogP contribution in [0.5, 0.6) is 11.5 Å². The van der Waals surface area contributed by atoms with E-state index in [9.17, 15) is 9.59 Å². The summed E-state index contributed by atoms with van der Waals surface area (Å²) in [6.45, 7) is 1.49. The highest BCUT2D eigenvalue weighted by atomic mass is 16.5. The molecule has 12 N–H and O–H groups in total. The van der Waals surface area contributed by atoms with Gasteiger partial charge in [-0.15, -0.1) is 0 Å². The molecule has 294 valence electrons. The summed E-state index contributed by atoms with van der Waals surface area (Å²) in [5.74, 6) is -0.0632. The van der Waals surface area contributed by atoms with E-state index in [1.165, 1.54) is 12.4 Å². The van der Waals surface area contributed by atoms with E-state index in [0.717, 1.165) is 11.1 Å². The molecule has 18 heteroatoms. The van der Waals surface area contributed by atoms with Crippen LogP contribution in [0.25, 0.3) is 0 Å². The average Bonchev–Trinajstić information content (AvgIpc) is 3.23. The predicted molar refractivity (Wildman–Crippen MR) is 216 cm³/mol. The van der Waals surface area contributed by atoms with E-state index < -0.39 is 11.9 Å². The molecule has 2 heterocycles. The van der Waals surface area contributed by atoms with E-state index in [0.29, 0.717) is 60.2 Å². The number of hydrogen-bond donors (Lipinski definition) is 6. The molecule has 0 aliphatic heterocycles. The SMILES string of the molecule is [NH+]CC[N+](Cc1ccc(C[N+](CC[NH+])=C(N)/N=C(\N)Nc2ccc(OC(=O)c3cccnc3)cc2)cc1)=C(N)/N=C(\N)Nc1ccc(OC(=O)c2cccnc2)cc1. The third kappa shape index (κ3) is 12.7. The second-order valence-corrected chi connectivity index (χ2v) is 12.4. The first-order chi connectivity index (χ1) is 28.1. The second kappa shape index (κ2) is 20.8. The Hall–Kier alpha value is -7.70. The number of carbonyl (C=O) groups is 2. The molecule has 0 bridgehead atoms. The minimum atomic E-state index is -0.526. The van der Waals surface area contributed by atoms with Gasteiger partial charge in [-0.2, -0.15) is 0 Å².